The van der Waals surface area contributed by atoms with Crippen LogP contribution in [0.5, 0.6) is 0 Å². The number of aryl methyl sites for hydroxylation is 2. The lowest BCUT2D eigenvalue weighted by atomic mass is 9.90. The molecular weight excluding hydrogens is 265 g/mol. The minimum absolute atomic E-state index is 0.543. The second-order valence-corrected chi connectivity index (χ2v) is 5.68. The van der Waals surface area contributed by atoms with E-state index in [-0.39, 0.29) is 0 Å². The number of aromatic nitrogens is 1. The van der Waals surface area contributed by atoms with Crippen LogP contribution in [0.1, 0.15) is 35.2 Å². The molecule has 1 aliphatic rings. The quantitative estimate of drug-likeness (QED) is 0.683. The Morgan fingerprint density at radius 1 is 1.22 bits per heavy atom. The molecule has 0 bridgehead atoms. The normalized spacial score (nSPS) is 14.8. The average Bonchev–Trinajstić information content (AvgIpc) is 2.36. The molecular formula is C15H15Cl2N. The van der Waals surface area contributed by atoms with Crippen LogP contribution >= 0.6 is 23.2 Å². The molecule has 0 saturated carbocycles. The van der Waals surface area contributed by atoms with Gasteiger partial charge in [-0.25, -0.2) is 0 Å². The van der Waals surface area contributed by atoms with Crippen LogP contribution in [0.4, 0.5) is 0 Å². The van der Waals surface area contributed by atoms with Crippen molar-refractivity contribution < 1.29 is 0 Å². The van der Waals surface area contributed by atoms with Gasteiger partial charge in [-0.05, 0) is 61.4 Å². The van der Waals surface area contributed by atoms with Crippen LogP contribution in [-0.2, 0) is 18.7 Å². The molecule has 0 aliphatic heterocycles. The van der Waals surface area contributed by atoms with E-state index in [0.29, 0.717) is 5.88 Å². The molecule has 3 heteroatoms. The van der Waals surface area contributed by atoms with Crippen molar-refractivity contribution in [3.63, 3.8) is 0 Å². The molecule has 1 nitrogen and oxygen atoms in total. The summed E-state index contributed by atoms with van der Waals surface area (Å²) in [5.74, 6) is 0.543. The molecule has 1 aliphatic carbocycles. The molecule has 0 amide bonds. The van der Waals surface area contributed by atoms with Crippen LogP contribution in [0.2, 0.25) is 5.02 Å². The predicted molar refractivity (Wildman–Crippen MR) is 77.7 cm³/mol. The standard InChI is InChI=1S/C15H15Cl2N/c1-9-6-10(17)7-12-13(8-16)11-4-2-3-5-14(11)18-15(9)12/h6-7H,2-5,8H2,1H3. The molecule has 1 heterocycles. The lowest BCUT2D eigenvalue weighted by Gasteiger charge is -2.20. The molecule has 18 heavy (non-hydrogen) atoms. The number of hydrogen-bond acceptors (Lipinski definition) is 1. The van der Waals surface area contributed by atoms with E-state index in [9.17, 15) is 0 Å². The topological polar surface area (TPSA) is 12.9 Å². The summed E-state index contributed by atoms with van der Waals surface area (Å²) in [5.41, 5.74) is 6.05. The van der Waals surface area contributed by atoms with Crippen molar-refractivity contribution in [1.29, 1.82) is 0 Å². The first-order valence-electron chi connectivity index (χ1n) is 6.37. The summed E-state index contributed by atoms with van der Waals surface area (Å²) in [6.07, 6.45) is 4.66. The van der Waals surface area contributed by atoms with Crippen LogP contribution < -0.4 is 0 Å². The van der Waals surface area contributed by atoms with Gasteiger partial charge >= 0.3 is 0 Å². The summed E-state index contributed by atoms with van der Waals surface area (Å²) in [4.78, 5) is 4.85. The second kappa shape index (κ2) is 4.71. The minimum atomic E-state index is 0.543. The second-order valence-electron chi connectivity index (χ2n) is 4.98. The fraction of sp³-hybridized carbons (Fsp3) is 0.400. The number of benzene rings is 1. The van der Waals surface area contributed by atoms with Gasteiger partial charge in [0.15, 0.2) is 0 Å². The highest BCUT2D eigenvalue weighted by Crippen LogP contribution is 2.33. The van der Waals surface area contributed by atoms with E-state index in [1.165, 1.54) is 29.7 Å². The van der Waals surface area contributed by atoms with E-state index < -0.39 is 0 Å². The minimum Gasteiger partial charge on any atom is -0.252 e. The number of pyridine rings is 1. The molecule has 1 aromatic heterocycles. The van der Waals surface area contributed by atoms with E-state index in [1.807, 2.05) is 12.1 Å². The number of alkyl halides is 1. The maximum atomic E-state index is 6.18. The lowest BCUT2D eigenvalue weighted by molar-refractivity contribution is 0.667. The molecule has 1 aromatic carbocycles. The zero-order valence-corrected chi connectivity index (χ0v) is 11.9. The highest BCUT2D eigenvalue weighted by Gasteiger charge is 2.18. The predicted octanol–water partition coefficient (Wildman–Crippen LogP) is 4.81. The Morgan fingerprint density at radius 2 is 2.00 bits per heavy atom. The largest absolute Gasteiger partial charge is 0.252 e. The van der Waals surface area contributed by atoms with Crippen LogP contribution in [0.25, 0.3) is 10.9 Å². The summed E-state index contributed by atoms with van der Waals surface area (Å²) >= 11 is 12.3. The summed E-state index contributed by atoms with van der Waals surface area (Å²) < 4.78 is 0. The van der Waals surface area contributed by atoms with Crippen molar-refractivity contribution in [2.45, 2.75) is 38.5 Å². The molecule has 0 fully saturated rings. The molecule has 0 saturated heterocycles. The lowest BCUT2D eigenvalue weighted by Crippen LogP contribution is -2.09. The summed E-state index contributed by atoms with van der Waals surface area (Å²) in [6.45, 7) is 2.06. The van der Waals surface area contributed by atoms with E-state index in [0.717, 1.165) is 34.3 Å². The maximum Gasteiger partial charge on any atom is 0.0738 e. The highest BCUT2D eigenvalue weighted by atomic mass is 35.5. The van der Waals surface area contributed by atoms with Crippen LogP contribution in [0.15, 0.2) is 12.1 Å². The van der Waals surface area contributed by atoms with E-state index in [1.54, 1.807) is 0 Å². The fourth-order valence-electron chi connectivity index (χ4n) is 2.90. The third kappa shape index (κ3) is 1.90. The highest BCUT2D eigenvalue weighted by molar-refractivity contribution is 6.31. The molecule has 0 unspecified atom stereocenters. The van der Waals surface area contributed by atoms with Gasteiger partial charge in [0.25, 0.3) is 0 Å². The number of fused-ring (bicyclic) bond motifs is 2. The summed E-state index contributed by atoms with van der Waals surface area (Å²) in [7, 11) is 0. The van der Waals surface area contributed by atoms with Crippen molar-refractivity contribution in [1.82, 2.24) is 4.98 Å². The number of halogens is 2. The van der Waals surface area contributed by atoms with Gasteiger partial charge < -0.3 is 0 Å². The van der Waals surface area contributed by atoms with Gasteiger partial charge in [0, 0.05) is 22.0 Å². The molecule has 0 radical (unpaired) electrons. The molecule has 3 rings (SSSR count). The Hall–Kier alpha value is -0.790. The smallest absolute Gasteiger partial charge is 0.0738 e. The molecule has 94 valence electrons. The van der Waals surface area contributed by atoms with Gasteiger partial charge in [-0.1, -0.05) is 11.6 Å². The van der Waals surface area contributed by atoms with E-state index >= 15 is 0 Å². The van der Waals surface area contributed by atoms with Crippen LogP contribution in [0.3, 0.4) is 0 Å². The van der Waals surface area contributed by atoms with Gasteiger partial charge in [0.1, 0.15) is 0 Å². The summed E-state index contributed by atoms with van der Waals surface area (Å²) in [5, 5.41) is 1.90. The first-order valence-corrected chi connectivity index (χ1v) is 7.28. The Morgan fingerprint density at radius 3 is 2.78 bits per heavy atom. The number of rotatable bonds is 1. The Labute approximate surface area is 117 Å². The fourth-order valence-corrected chi connectivity index (χ4v) is 3.48. The molecule has 2 aromatic rings. The molecule has 0 spiro atoms. The molecule has 0 N–H and O–H groups in total. The maximum absolute atomic E-state index is 6.18. The van der Waals surface area contributed by atoms with Crippen molar-refractivity contribution in [3.8, 4) is 0 Å². The monoisotopic (exact) mass is 279 g/mol. The van der Waals surface area contributed by atoms with Gasteiger partial charge in [0.2, 0.25) is 0 Å². The van der Waals surface area contributed by atoms with Gasteiger partial charge in [-0.3, -0.25) is 4.98 Å². The average molecular weight is 280 g/mol. The van der Waals surface area contributed by atoms with Crippen molar-refractivity contribution in [2.24, 2.45) is 0 Å². The van der Waals surface area contributed by atoms with Crippen molar-refractivity contribution in [3.05, 3.63) is 39.5 Å². The van der Waals surface area contributed by atoms with Crippen molar-refractivity contribution in [2.75, 3.05) is 0 Å². The van der Waals surface area contributed by atoms with Crippen LogP contribution in [-0.4, -0.2) is 4.98 Å². The Bertz CT molecular complexity index is 620. The first kappa shape index (κ1) is 12.3. The zero-order chi connectivity index (χ0) is 12.7. The third-order valence-electron chi connectivity index (χ3n) is 3.77. The number of nitrogens with zero attached hydrogens (tertiary/aromatic N) is 1. The summed E-state index contributed by atoms with van der Waals surface area (Å²) in [6, 6.07) is 3.98. The van der Waals surface area contributed by atoms with Gasteiger partial charge in [-0.15, -0.1) is 11.6 Å². The van der Waals surface area contributed by atoms with Gasteiger partial charge in [0.05, 0.1) is 5.52 Å². The SMILES string of the molecule is Cc1cc(Cl)cc2c(CCl)c3c(nc12)CCCC3. The Balaban J connectivity index is 2.40. The van der Waals surface area contributed by atoms with Crippen molar-refractivity contribution >= 4 is 34.1 Å². The van der Waals surface area contributed by atoms with Gasteiger partial charge in [-0.2, -0.15) is 0 Å². The number of hydrogen-bond donors (Lipinski definition) is 0. The van der Waals surface area contributed by atoms with E-state index in [2.05, 4.69) is 6.92 Å². The Kier molecular flexibility index (Phi) is 3.21. The third-order valence-corrected chi connectivity index (χ3v) is 4.26. The molecule has 0 atom stereocenters. The van der Waals surface area contributed by atoms with E-state index in [4.69, 9.17) is 28.2 Å². The first-order chi connectivity index (χ1) is 8.70. The van der Waals surface area contributed by atoms with Crippen LogP contribution in [0, 0.1) is 6.92 Å². The zero-order valence-electron chi connectivity index (χ0n) is 10.4.